The maximum atomic E-state index is 10.8. The van der Waals surface area contributed by atoms with Gasteiger partial charge in [0.1, 0.15) is 12.1 Å². The van der Waals surface area contributed by atoms with E-state index in [0.717, 1.165) is 34.7 Å². The first kappa shape index (κ1) is 21.8. The van der Waals surface area contributed by atoms with E-state index in [4.69, 9.17) is 10.8 Å². The minimum atomic E-state index is -1.08. The van der Waals surface area contributed by atoms with Crippen LogP contribution in [0.2, 0.25) is 0 Å². The number of rotatable bonds is 6. The fourth-order valence-electron chi connectivity index (χ4n) is 2.62. The lowest BCUT2D eigenvalue weighted by Crippen LogP contribution is -2.14. The highest BCUT2D eigenvalue weighted by molar-refractivity contribution is 5.98. The summed E-state index contributed by atoms with van der Waals surface area (Å²) in [5.41, 5.74) is 3.60. The number of nitro groups is 2. The Kier molecular flexibility index (Phi) is 6.96. The molecule has 3 rings (SSSR count). The van der Waals surface area contributed by atoms with Gasteiger partial charge in [-0.05, 0) is 17.5 Å². The molecule has 30 heavy (non-hydrogen) atoms. The molecule has 3 aromatic carbocycles. The zero-order valence-electron chi connectivity index (χ0n) is 15.3. The average Bonchev–Trinajstić information content (AvgIpc) is 2.71. The number of nitro benzene ring substituents is 2. The van der Waals surface area contributed by atoms with Crippen LogP contribution in [-0.2, 0) is 4.79 Å². The van der Waals surface area contributed by atoms with E-state index >= 15 is 0 Å². The van der Waals surface area contributed by atoms with Crippen molar-refractivity contribution in [2.45, 2.75) is 0 Å². The van der Waals surface area contributed by atoms with Gasteiger partial charge in [-0.25, -0.2) is 0 Å². The van der Waals surface area contributed by atoms with Gasteiger partial charge < -0.3 is 16.2 Å². The monoisotopic (exact) mass is 412 g/mol. The maximum absolute atomic E-state index is 10.8. The molecule has 0 atom stereocenters. The number of carbonyl (C=O) groups excluding carboxylic acids is 1. The largest absolute Gasteiger partial charge is 0.480 e. The summed E-state index contributed by atoms with van der Waals surface area (Å²) in [4.78, 5) is 40.3. The molecular weight excluding hydrogens is 396 g/mol. The van der Waals surface area contributed by atoms with E-state index in [2.05, 4.69) is 5.32 Å². The number of aliphatic carboxylic acids is 1. The molecule has 0 heterocycles. The number of amides is 1. The molecule has 0 saturated carbocycles. The van der Waals surface area contributed by atoms with E-state index in [1.807, 2.05) is 42.5 Å². The number of benzene rings is 3. The van der Waals surface area contributed by atoms with Gasteiger partial charge in [0.25, 0.3) is 5.91 Å². The lowest BCUT2D eigenvalue weighted by Gasteiger charge is -2.07. The maximum Gasteiger partial charge on any atom is 0.358 e. The lowest BCUT2D eigenvalue weighted by atomic mass is 10.1. The first-order chi connectivity index (χ1) is 14.2. The Labute approximate surface area is 169 Å². The number of hydrogen-bond acceptors (Lipinski definition) is 7. The van der Waals surface area contributed by atoms with Crippen molar-refractivity contribution in [3.05, 3.63) is 86.5 Å². The molecule has 11 nitrogen and oxygen atoms in total. The van der Waals surface area contributed by atoms with Gasteiger partial charge in [-0.3, -0.25) is 29.8 Å². The quantitative estimate of drug-likeness (QED) is 0.408. The molecule has 0 bridgehead atoms. The fourth-order valence-corrected chi connectivity index (χ4v) is 2.62. The summed E-state index contributed by atoms with van der Waals surface area (Å²) in [6.07, 6.45) is 0. The highest BCUT2D eigenvalue weighted by Crippen LogP contribution is 2.29. The van der Waals surface area contributed by atoms with Crippen LogP contribution in [0, 0.1) is 20.2 Å². The van der Waals surface area contributed by atoms with Gasteiger partial charge in [-0.15, -0.1) is 0 Å². The van der Waals surface area contributed by atoms with Crippen LogP contribution in [0.3, 0.4) is 0 Å². The second-order valence-corrected chi connectivity index (χ2v) is 5.83. The number of carboxylic acid groups (broad SMARTS) is 1. The third kappa shape index (κ3) is 5.25. The molecule has 0 aliphatic heterocycles. The van der Waals surface area contributed by atoms with Gasteiger partial charge in [0.2, 0.25) is 0 Å². The summed E-state index contributed by atoms with van der Waals surface area (Å²) in [5.74, 6) is -1.94. The van der Waals surface area contributed by atoms with Crippen LogP contribution < -0.4 is 11.1 Å². The van der Waals surface area contributed by atoms with Crippen LogP contribution >= 0.6 is 0 Å². The van der Waals surface area contributed by atoms with Crippen molar-refractivity contribution in [3.8, 4) is 0 Å². The van der Waals surface area contributed by atoms with Crippen LogP contribution in [0.15, 0.2) is 60.7 Å². The summed E-state index contributed by atoms with van der Waals surface area (Å²) < 4.78 is 0. The van der Waals surface area contributed by atoms with Crippen LogP contribution in [-0.4, -0.2) is 33.4 Å². The van der Waals surface area contributed by atoms with Crippen molar-refractivity contribution >= 4 is 39.7 Å². The van der Waals surface area contributed by atoms with Crippen molar-refractivity contribution in [3.63, 3.8) is 0 Å². The van der Waals surface area contributed by atoms with Crippen LogP contribution in [0.5, 0.6) is 0 Å². The van der Waals surface area contributed by atoms with Crippen LogP contribution in [0.1, 0.15) is 10.4 Å². The summed E-state index contributed by atoms with van der Waals surface area (Å²) in [7, 11) is 0. The van der Waals surface area contributed by atoms with E-state index < -0.39 is 38.7 Å². The predicted octanol–water partition coefficient (Wildman–Crippen LogP) is 2.94. The van der Waals surface area contributed by atoms with Crippen LogP contribution in [0.4, 0.5) is 17.1 Å². The van der Waals surface area contributed by atoms with Gasteiger partial charge in [0.05, 0.1) is 9.85 Å². The Hall–Kier alpha value is -4.54. The summed E-state index contributed by atoms with van der Waals surface area (Å²) in [6, 6.07) is 16.8. The number of fused-ring (bicyclic) bond motifs is 1. The number of nitrogens with two attached hydrogens (primary N) is 1. The topological polar surface area (TPSA) is 179 Å². The number of anilines is 1. The number of carboxylic acids is 1. The molecule has 1 amide bonds. The second-order valence-electron chi connectivity index (χ2n) is 5.83. The van der Waals surface area contributed by atoms with Crippen molar-refractivity contribution in [1.82, 2.24) is 0 Å². The molecule has 0 unspecified atom stereocenters. The molecule has 0 radical (unpaired) electrons. The highest BCUT2D eigenvalue weighted by Gasteiger charge is 2.30. The minimum Gasteiger partial charge on any atom is -0.480 e. The fraction of sp³-hybridized carbons (Fsp3) is 0.0526. The van der Waals surface area contributed by atoms with Gasteiger partial charge in [-0.2, -0.15) is 0 Å². The van der Waals surface area contributed by atoms with Crippen molar-refractivity contribution in [2.24, 2.45) is 5.73 Å². The summed E-state index contributed by atoms with van der Waals surface area (Å²) >= 11 is 0. The normalized spacial score (nSPS) is 9.87. The van der Waals surface area contributed by atoms with Gasteiger partial charge >= 0.3 is 17.3 Å². The van der Waals surface area contributed by atoms with E-state index in [9.17, 15) is 29.8 Å². The Morgan fingerprint density at radius 3 is 2.17 bits per heavy atom. The molecule has 4 N–H and O–H groups in total. The zero-order valence-corrected chi connectivity index (χ0v) is 15.3. The Bertz CT molecular complexity index is 1090. The van der Waals surface area contributed by atoms with Gasteiger partial charge in [0, 0.05) is 17.1 Å². The molecule has 0 saturated heterocycles. The first-order valence-electron chi connectivity index (χ1n) is 8.37. The molecule has 11 heteroatoms. The second kappa shape index (κ2) is 9.59. The number of carbonyl (C=O) groups is 2. The third-order valence-electron chi connectivity index (χ3n) is 3.88. The zero-order chi connectivity index (χ0) is 22.3. The van der Waals surface area contributed by atoms with E-state index in [1.165, 1.54) is 0 Å². The molecule has 0 spiro atoms. The van der Waals surface area contributed by atoms with Crippen LogP contribution in [0.25, 0.3) is 10.8 Å². The molecular formula is C19H16N4O7. The molecule has 0 fully saturated rings. The number of nitrogens with one attached hydrogen (secondary N) is 1. The Morgan fingerprint density at radius 1 is 0.933 bits per heavy atom. The lowest BCUT2D eigenvalue weighted by molar-refractivity contribution is -0.422. The summed E-state index contributed by atoms with van der Waals surface area (Å²) in [6.45, 7) is -0.0615. The minimum absolute atomic E-state index is 0.0615. The summed E-state index contributed by atoms with van der Waals surface area (Å²) in [5, 5.41) is 34.6. The molecule has 3 aromatic rings. The van der Waals surface area contributed by atoms with E-state index in [-0.39, 0.29) is 6.54 Å². The Morgan fingerprint density at radius 2 is 1.57 bits per heavy atom. The number of para-hydroxylation sites is 1. The predicted molar refractivity (Wildman–Crippen MR) is 108 cm³/mol. The number of hydrogen-bond donors (Lipinski definition) is 3. The Balaban J connectivity index is 0.000000214. The highest BCUT2D eigenvalue weighted by atomic mass is 16.6. The molecule has 0 aromatic heterocycles. The number of nitrogens with zero attached hydrogens (tertiary/aromatic N) is 2. The average molecular weight is 412 g/mol. The SMILES string of the molecule is NC(=O)c1cccc([N+](=O)[O-])c1[N+](=O)[O-].O=C(O)CNc1cccc2ccccc12. The van der Waals surface area contributed by atoms with E-state index in [0.29, 0.717) is 0 Å². The van der Waals surface area contributed by atoms with Gasteiger partial charge in [0.15, 0.2) is 0 Å². The van der Waals surface area contributed by atoms with Gasteiger partial charge in [-0.1, -0.05) is 42.5 Å². The molecule has 154 valence electrons. The molecule has 0 aliphatic rings. The van der Waals surface area contributed by atoms with Crippen molar-refractivity contribution < 1.29 is 24.5 Å². The number of primary amides is 1. The van der Waals surface area contributed by atoms with E-state index in [1.54, 1.807) is 0 Å². The molecule has 0 aliphatic carbocycles. The smallest absolute Gasteiger partial charge is 0.358 e. The standard InChI is InChI=1S/C12H11NO2.C7H5N3O5/c14-12(15)8-13-11-7-3-5-9-4-1-2-6-10(9)11;8-7(11)4-2-1-3-5(9(12)13)6(4)10(14)15/h1-7,13H,8H2,(H,14,15);1-3H,(H2,8,11). The third-order valence-corrected chi connectivity index (χ3v) is 3.88. The van der Waals surface area contributed by atoms with Crippen molar-refractivity contribution in [1.29, 1.82) is 0 Å². The first-order valence-corrected chi connectivity index (χ1v) is 8.37. The van der Waals surface area contributed by atoms with Crippen molar-refractivity contribution in [2.75, 3.05) is 11.9 Å².